The number of benzene rings is 1. The summed E-state index contributed by atoms with van der Waals surface area (Å²) in [5.74, 6) is 1.44. The van der Waals surface area contributed by atoms with Gasteiger partial charge in [0.05, 0.1) is 12.6 Å². The Hall–Kier alpha value is -1.12. The molecular weight excluding hydrogens is 521 g/mol. The van der Waals surface area contributed by atoms with E-state index in [1.165, 1.54) is 11.1 Å². The lowest BCUT2D eigenvalue weighted by Crippen LogP contribution is -2.67. The number of aliphatic hydroxyl groups excluding tert-OH is 1. The summed E-state index contributed by atoms with van der Waals surface area (Å²) in [4.78, 5) is 18.1. The minimum absolute atomic E-state index is 0.0183. The van der Waals surface area contributed by atoms with E-state index in [9.17, 15) is 9.90 Å². The summed E-state index contributed by atoms with van der Waals surface area (Å²) in [7, 11) is -1.96. The number of nitrogens with zero attached hydrogens (tertiary/aromatic N) is 2. The van der Waals surface area contributed by atoms with Crippen molar-refractivity contribution >= 4 is 31.7 Å². The zero-order valence-electron chi connectivity index (χ0n) is 25.3. The lowest BCUT2D eigenvalue weighted by molar-refractivity contribution is -0.118. The lowest BCUT2D eigenvalue weighted by Gasteiger charge is -2.57. The molecule has 0 unspecified atom stereocenters. The normalized spacial score (nSPS) is 33.0. The third kappa shape index (κ3) is 4.16. The summed E-state index contributed by atoms with van der Waals surface area (Å²) in [5, 5.41) is 11.4. The van der Waals surface area contributed by atoms with Gasteiger partial charge in [-0.3, -0.25) is 9.69 Å². The first-order chi connectivity index (χ1) is 18.6. The summed E-state index contributed by atoms with van der Waals surface area (Å²) in [6, 6.07) is 8.99. The Morgan fingerprint density at radius 1 is 1.18 bits per heavy atom. The number of rotatable bonds is 9. The van der Waals surface area contributed by atoms with Crippen LogP contribution in [0, 0.1) is 11.8 Å². The average molecular weight is 571 g/mol. The number of piperidine rings is 1. The highest BCUT2D eigenvalue weighted by molar-refractivity contribution is 8.00. The number of fused-ring (bicyclic) bond motifs is 2. The van der Waals surface area contributed by atoms with Gasteiger partial charge in [0, 0.05) is 54.9 Å². The van der Waals surface area contributed by atoms with Crippen molar-refractivity contribution in [2.45, 2.75) is 101 Å². The van der Waals surface area contributed by atoms with Gasteiger partial charge in [-0.15, -0.1) is 0 Å². The van der Waals surface area contributed by atoms with Crippen molar-refractivity contribution in [3.8, 4) is 0 Å². The highest BCUT2D eigenvalue weighted by Gasteiger charge is 2.71. The molecule has 216 valence electrons. The number of hydrogen-bond donors (Lipinski definition) is 1. The largest absolute Gasteiger partial charge is 0.412 e. The van der Waals surface area contributed by atoms with E-state index in [1.54, 1.807) is 6.92 Å². The first-order valence-corrected chi connectivity index (χ1v) is 18.4. The quantitative estimate of drug-likeness (QED) is 0.282. The Balaban J connectivity index is 1.56. The second-order valence-corrected chi connectivity index (χ2v) is 20.2. The highest BCUT2D eigenvalue weighted by Crippen LogP contribution is 2.65. The molecule has 1 N–H and O–H groups in total. The molecule has 2 bridgehead atoms. The molecule has 3 heterocycles. The molecule has 1 amide bonds. The van der Waals surface area contributed by atoms with Crippen molar-refractivity contribution in [2.24, 2.45) is 11.8 Å². The SMILES string of the molecule is CCS[C@@H]1CN2C/C(=C/CO[Si](C(C)C)(C(C)C)C(C)C)[C@@H]3C[C@H]2[C@]12c1ccccc1N(C(C)=O)[C@H]2[C@H]3CO. The van der Waals surface area contributed by atoms with E-state index < -0.39 is 8.32 Å². The molecule has 2 saturated heterocycles. The maximum absolute atomic E-state index is 13.3. The third-order valence-corrected chi connectivity index (χ3v) is 18.2. The van der Waals surface area contributed by atoms with Gasteiger partial charge in [-0.05, 0) is 46.3 Å². The van der Waals surface area contributed by atoms with Gasteiger partial charge in [-0.2, -0.15) is 11.8 Å². The zero-order chi connectivity index (χ0) is 28.3. The molecule has 5 rings (SSSR count). The molecule has 1 saturated carbocycles. The molecule has 1 aromatic carbocycles. The van der Waals surface area contributed by atoms with Crippen molar-refractivity contribution in [1.29, 1.82) is 0 Å². The molecular formula is C32H50N2O3SSi. The fourth-order valence-corrected chi connectivity index (χ4v) is 16.6. The van der Waals surface area contributed by atoms with Crippen molar-refractivity contribution in [3.63, 3.8) is 0 Å². The lowest BCUT2D eigenvalue weighted by atomic mass is 9.55. The first kappa shape index (κ1) is 29.4. The minimum Gasteiger partial charge on any atom is -0.412 e. The van der Waals surface area contributed by atoms with Crippen molar-refractivity contribution in [3.05, 3.63) is 41.5 Å². The molecule has 5 nitrogen and oxygen atoms in total. The van der Waals surface area contributed by atoms with Crippen molar-refractivity contribution in [1.82, 2.24) is 4.90 Å². The van der Waals surface area contributed by atoms with Crippen LogP contribution in [0.5, 0.6) is 0 Å². The van der Waals surface area contributed by atoms with Crippen molar-refractivity contribution in [2.75, 3.05) is 37.0 Å². The molecule has 39 heavy (non-hydrogen) atoms. The first-order valence-electron chi connectivity index (χ1n) is 15.3. The van der Waals surface area contributed by atoms with E-state index in [0.717, 1.165) is 31.0 Å². The standard InChI is InChI=1S/C32H50N2O3SSi/c1-9-38-30-18-33-17-24(14-15-37-39(20(2)3,21(4)5)22(6)7)25-16-29(33)32(30)27-12-10-11-13-28(27)34(23(8)36)31(32)26(25)19-35/h10-14,20-22,25-26,29-31,35H,9,15-19H2,1-8H3/b24-14-/t25-,26-,29-,30+,31-,32+/m0/s1. The van der Waals surface area contributed by atoms with Gasteiger partial charge in [0.25, 0.3) is 0 Å². The van der Waals surface area contributed by atoms with Gasteiger partial charge in [0.1, 0.15) is 0 Å². The maximum atomic E-state index is 13.3. The van der Waals surface area contributed by atoms with E-state index in [-0.39, 0.29) is 35.8 Å². The Morgan fingerprint density at radius 2 is 1.85 bits per heavy atom. The van der Waals surface area contributed by atoms with E-state index in [4.69, 9.17) is 4.43 Å². The number of thioether (sulfide) groups is 1. The van der Waals surface area contributed by atoms with E-state index in [2.05, 4.69) is 100 Å². The van der Waals surface area contributed by atoms with Crippen LogP contribution in [0.1, 0.15) is 67.4 Å². The van der Waals surface area contributed by atoms with Gasteiger partial charge in [-0.1, -0.05) is 78.3 Å². The Kier molecular flexibility index (Phi) is 8.24. The molecule has 0 aromatic heterocycles. The van der Waals surface area contributed by atoms with Gasteiger partial charge in [-0.25, -0.2) is 0 Å². The Labute approximate surface area is 241 Å². The van der Waals surface area contributed by atoms with Gasteiger partial charge < -0.3 is 14.4 Å². The number of carbonyl (C=O) groups is 1. The number of aliphatic hydroxyl groups is 1. The van der Waals surface area contributed by atoms with Crippen LogP contribution in [0.2, 0.25) is 16.6 Å². The van der Waals surface area contributed by atoms with Crippen LogP contribution in [0.25, 0.3) is 0 Å². The summed E-state index contributed by atoms with van der Waals surface area (Å²) >= 11 is 2.05. The van der Waals surface area contributed by atoms with Crippen LogP contribution in [0.3, 0.4) is 0 Å². The fourth-order valence-electron chi connectivity index (χ4n) is 9.79. The molecule has 1 spiro atoms. The predicted octanol–water partition coefficient (Wildman–Crippen LogP) is 6.23. The fraction of sp³-hybridized carbons (Fsp3) is 0.719. The van der Waals surface area contributed by atoms with E-state index in [1.807, 2.05) is 0 Å². The monoisotopic (exact) mass is 570 g/mol. The average Bonchev–Trinajstić information content (AvgIpc) is 3.38. The Morgan fingerprint density at radius 3 is 2.44 bits per heavy atom. The minimum atomic E-state index is -1.96. The molecule has 3 aliphatic heterocycles. The van der Waals surface area contributed by atoms with Crippen LogP contribution in [-0.2, 0) is 14.6 Å². The second kappa shape index (κ2) is 10.9. The highest BCUT2D eigenvalue weighted by atomic mass is 32.2. The van der Waals surface area contributed by atoms with Crippen LogP contribution in [-0.4, -0.2) is 73.6 Å². The molecule has 3 fully saturated rings. The van der Waals surface area contributed by atoms with Crippen LogP contribution in [0.4, 0.5) is 5.69 Å². The number of para-hydroxylation sites is 1. The smallest absolute Gasteiger partial charge is 0.224 e. The van der Waals surface area contributed by atoms with Crippen LogP contribution < -0.4 is 4.90 Å². The number of hydrogen-bond acceptors (Lipinski definition) is 5. The number of anilines is 1. The number of amides is 1. The van der Waals surface area contributed by atoms with Crippen molar-refractivity contribution < 1.29 is 14.3 Å². The summed E-state index contributed by atoms with van der Waals surface area (Å²) in [5.41, 5.74) is 5.35. The summed E-state index contributed by atoms with van der Waals surface area (Å²) < 4.78 is 6.97. The molecule has 1 aliphatic carbocycles. The number of carbonyl (C=O) groups excluding carboxylic acids is 1. The van der Waals surface area contributed by atoms with Crippen LogP contribution >= 0.6 is 11.8 Å². The molecule has 1 aromatic rings. The zero-order valence-corrected chi connectivity index (χ0v) is 27.1. The molecule has 0 radical (unpaired) electrons. The Bertz CT molecular complexity index is 1080. The topological polar surface area (TPSA) is 53.0 Å². The van der Waals surface area contributed by atoms with E-state index in [0.29, 0.717) is 34.5 Å². The molecule has 6 atom stereocenters. The third-order valence-electron chi connectivity index (χ3n) is 10.9. The molecule has 7 heteroatoms. The van der Waals surface area contributed by atoms with Gasteiger partial charge in [0.2, 0.25) is 14.2 Å². The predicted molar refractivity (Wildman–Crippen MR) is 166 cm³/mol. The van der Waals surface area contributed by atoms with Gasteiger partial charge in [0.15, 0.2) is 0 Å². The van der Waals surface area contributed by atoms with Gasteiger partial charge >= 0.3 is 0 Å². The maximum Gasteiger partial charge on any atom is 0.224 e. The summed E-state index contributed by atoms with van der Waals surface area (Å²) in [6.45, 7) is 20.8. The molecule has 4 aliphatic rings. The van der Waals surface area contributed by atoms with Crippen LogP contribution in [0.15, 0.2) is 35.9 Å². The second-order valence-electron chi connectivity index (χ2n) is 13.3. The van der Waals surface area contributed by atoms with E-state index >= 15 is 0 Å². The summed E-state index contributed by atoms with van der Waals surface area (Å²) in [6.07, 6.45) is 3.43.